The Kier molecular flexibility index (Phi) is 5.79. The molecule has 3 amide bonds. The SMILES string of the molecule is CC(C)[C@H](C(=O)OCC(=O)Nc1cccc(C(F)(F)F)c1)N1C(=O)[C@@H]2[C@@H](C1=O)[C@H]1C=C[C@H]2C1. The fourth-order valence-electron chi connectivity index (χ4n) is 5.07. The molecule has 2 aliphatic carbocycles. The van der Waals surface area contributed by atoms with Gasteiger partial charge in [0, 0.05) is 5.69 Å². The van der Waals surface area contributed by atoms with Gasteiger partial charge in [0.2, 0.25) is 11.8 Å². The van der Waals surface area contributed by atoms with E-state index in [-0.39, 0.29) is 17.5 Å². The van der Waals surface area contributed by atoms with Crippen molar-refractivity contribution in [3.05, 3.63) is 42.0 Å². The molecule has 0 aromatic heterocycles. The molecule has 1 aliphatic heterocycles. The number of allylic oxidation sites excluding steroid dienone is 2. The molecule has 1 saturated carbocycles. The van der Waals surface area contributed by atoms with Crippen molar-refractivity contribution >= 4 is 29.4 Å². The summed E-state index contributed by atoms with van der Waals surface area (Å²) in [5.74, 6) is -3.96. The highest BCUT2D eigenvalue weighted by Crippen LogP contribution is 2.53. The summed E-state index contributed by atoms with van der Waals surface area (Å²) >= 11 is 0. The normalized spacial score (nSPS) is 26.7. The summed E-state index contributed by atoms with van der Waals surface area (Å²) in [6, 6.07) is 2.86. The first-order valence-corrected chi connectivity index (χ1v) is 10.7. The Morgan fingerprint density at radius 2 is 1.73 bits per heavy atom. The molecular formula is C23H23F3N2O5. The number of nitrogens with one attached hydrogen (secondary N) is 1. The molecule has 1 heterocycles. The molecular weight excluding hydrogens is 441 g/mol. The van der Waals surface area contributed by atoms with Crippen molar-refractivity contribution in [2.24, 2.45) is 29.6 Å². The molecule has 0 unspecified atom stereocenters. The molecule has 0 radical (unpaired) electrons. The first-order chi connectivity index (χ1) is 15.5. The van der Waals surface area contributed by atoms with Crippen LogP contribution in [-0.4, -0.2) is 41.2 Å². The first-order valence-electron chi connectivity index (χ1n) is 10.7. The predicted octanol–water partition coefficient (Wildman–Crippen LogP) is 3.02. The van der Waals surface area contributed by atoms with Crippen molar-refractivity contribution in [2.45, 2.75) is 32.5 Å². The van der Waals surface area contributed by atoms with Crippen LogP contribution >= 0.6 is 0 Å². The molecule has 5 atom stereocenters. The lowest BCUT2D eigenvalue weighted by molar-refractivity contribution is -0.162. The number of likely N-dealkylation sites (tertiary alicyclic amines) is 1. The molecule has 2 fully saturated rings. The quantitative estimate of drug-likeness (QED) is 0.397. The van der Waals surface area contributed by atoms with Crippen LogP contribution in [0.4, 0.5) is 18.9 Å². The van der Waals surface area contributed by atoms with Gasteiger partial charge in [-0.25, -0.2) is 4.79 Å². The molecule has 1 aromatic carbocycles. The van der Waals surface area contributed by atoms with Gasteiger partial charge >= 0.3 is 12.1 Å². The third-order valence-corrected chi connectivity index (χ3v) is 6.47. The molecule has 10 heteroatoms. The van der Waals surface area contributed by atoms with Gasteiger partial charge in [0.05, 0.1) is 17.4 Å². The summed E-state index contributed by atoms with van der Waals surface area (Å²) in [6.07, 6.45) is 0.0790. The lowest BCUT2D eigenvalue weighted by Crippen LogP contribution is -2.50. The van der Waals surface area contributed by atoms with Gasteiger partial charge in [0.1, 0.15) is 6.04 Å². The Balaban J connectivity index is 1.40. The molecule has 7 nitrogen and oxygen atoms in total. The minimum absolute atomic E-state index is 0.0106. The monoisotopic (exact) mass is 464 g/mol. The number of nitrogens with zero attached hydrogens (tertiary/aromatic N) is 1. The summed E-state index contributed by atoms with van der Waals surface area (Å²) in [5, 5.41) is 2.25. The van der Waals surface area contributed by atoms with Gasteiger partial charge in [-0.1, -0.05) is 32.1 Å². The third kappa shape index (κ3) is 4.14. The number of hydrogen-bond acceptors (Lipinski definition) is 5. The second kappa shape index (κ2) is 8.31. The van der Waals surface area contributed by atoms with Crippen molar-refractivity contribution in [1.82, 2.24) is 4.90 Å². The van der Waals surface area contributed by atoms with E-state index in [9.17, 15) is 32.3 Å². The van der Waals surface area contributed by atoms with Crippen molar-refractivity contribution in [3.8, 4) is 0 Å². The number of carbonyl (C=O) groups excluding carboxylic acids is 4. The van der Waals surface area contributed by atoms with Crippen LogP contribution < -0.4 is 5.32 Å². The summed E-state index contributed by atoms with van der Waals surface area (Å²) in [6.45, 7) is 2.56. The van der Waals surface area contributed by atoms with Crippen LogP contribution in [0.3, 0.4) is 0 Å². The Morgan fingerprint density at radius 3 is 2.27 bits per heavy atom. The molecule has 33 heavy (non-hydrogen) atoms. The van der Waals surface area contributed by atoms with Crippen LogP contribution in [0.5, 0.6) is 0 Å². The topological polar surface area (TPSA) is 92.8 Å². The van der Waals surface area contributed by atoms with Gasteiger partial charge < -0.3 is 10.1 Å². The maximum Gasteiger partial charge on any atom is 0.416 e. The van der Waals surface area contributed by atoms with Crippen LogP contribution in [0.25, 0.3) is 0 Å². The summed E-state index contributed by atoms with van der Waals surface area (Å²) in [4.78, 5) is 52.0. The second-order valence-electron chi connectivity index (χ2n) is 8.97. The van der Waals surface area contributed by atoms with Crippen LogP contribution in [-0.2, 0) is 30.1 Å². The lowest BCUT2D eigenvalue weighted by atomic mass is 9.85. The van der Waals surface area contributed by atoms with E-state index in [0.717, 1.165) is 29.5 Å². The lowest BCUT2D eigenvalue weighted by Gasteiger charge is -2.28. The molecule has 2 bridgehead atoms. The van der Waals surface area contributed by atoms with E-state index < -0.39 is 65.8 Å². The molecule has 3 aliphatic rings. The van der Waals surface area contributed by atoms with E-state index in [2.05, 4.69) is 5.32 Å². The Bertz CT molecular complexity index is 1010. The highest BCUT2D eigenvalue weighted by molar-refractivity contribution is 6.09. The number of carbonyl (C=O) groups is 4. The van der Waals surface area contributed by atoms with Gasteiger partial charge in [-0.15, -0.1) is 0 Å². The summed E-state index contributed by atoms with van der Waals surface area (Å²) < 4.78 is 43.5. The first kappa shape index (κ1) is 23.0. The number of amides is 3. The van der Waals surface area contributed by atoms with Gasteiger partial charge in [-0.3, -0.25) is 19.3 Å². The van der Waals surface area contributed by atoms with E-state index >= 15 is 0 Å². The second-order valence-corrected chi connectivity index (χ2v) is 8.97. The van der Waals surface area contributed by atoms with E-state index in [1.807, 2.05) is 12.2 Å². The van der Waals surface area contributed by atoms with Gasteiger partial charge in [-0.05, 0) is 42.4 Å². The van der Waals surface area contributed by atoms with Crippen LogP contribution in [0.15, 0.2) is 36.4 Å². The number of ether oxygens (including phenoxy) is 1. The minimum Gasteiger partial charge on any atom is -0.454 e. The number of anilines is 1. The molecule has 1 N–H and O–H groups in total. The smallest absolute Gasteiger partial charge is 0.416 e. The fourth-order valence-corrected chi connectivity index (χ4v) is 5.07. The number of alkyl halides is 3. The van der Waals surface area contributed by atoms with Crippen molar-refractivity contribution < 1.29 is 37.1 Å². The maximum atomic E-state index is 13.0. The highest BCUT2D eigenvalue weighted by atomic mass is 19.4. The van der Waals surface area contributed by atoms with Gasteiger partial charge in [-0.2, -0.15) is 13.2 Å². The van der Waals surface area contributed by atoms with Crippen molar-refractivity contribution in [1.29, 1.82) is 0 Å². The standard InChI is InChI=1S/C23H23F3N2O5/c1-11(2)19(28-20(30)17-12-6-7-13(8-12)18(17)21(28)31)22(32)33-10-16(29)27-15-5-3-4-14(9-15)23(24,25)26/h3-7,9,11-13,17-19H,8,10H2,1-2H3,(H,27,29)/t12-,13-,17-,18-,19+/m0/s1. The highest BCUT2D eigenvalue weighted by Gasteiger charge is 2.61. The van der Waals surface area contributed by atoms with Crippen LogP contribution in [0.2, 0.25) is 0 Å². The zero-order chi connectivity index (χ0) is 24.1. The average Bonchev–Trinajstić information content (AvgIpc) is 3.42. The summed E-state index contributed by atoms with van der Waals surface area (Å²) in [7, 11) is 0. The van der Waals surface area contributed by atoms with E-state index in [0.29, 0.717) is 0 Å². The number of imide groups is 1. The van der Waals surface area contributed by atoms with E-state index in [1.165, 1.54) is 6.07 Å². The third-order valence-electron chi connectivity index (χ3n) is 6.47. The van der Waals surface area contributed by atoms with Gasteiger partial charge in [0.25, 0.3) is 5.91 Å². The molecule has 176 valence electrons. The number of halogens is 3. The summed E-state index contributed by atoms with van der Waals surface area (Å²) in [5.41, 5.74) is -1.04. The number of benzene rings is 1. The number of fused-ring (bicyclic) bond motifs is 5. The van der Waals surface area contributed by atoms with E-state index in [1.54, 1.807) is 13.8 Å². The largest absolute Gasteiger partial charge is 0.454 e. The Morgan fingerprint density at radius 1 is 1.12 bits per heavy atom. The maximum absolute atomic E-state index is 13.0. The Labute approximate surface area is 187 Å². The molecule has 4 rings (SSSR count). The van der Waals surface area contributed by atoms with Crippen LogP contribution in [0, 0.1) is 29.6 Å². The van der Waals surface area contributed by atoms with Gasteiger partial charge in [0.15, 0.2) is 6.61 Å². The van der Waals surface area contributed by atoms with Crippen molar-refractivity contribution in [3.63, 3.8) is 0 Å². The minimum atomic E-state index is -4.57. The predicted molar refractivity (Wildman–Crippen MR) is 109 cm³/mol. The van der Waals surface area contributed by atoms with Crippen molar-refractivity contribution in [2.75, 3.05) is 11.9 Å². The van der Waals surface area contributed by atoms with Crippen LogP contribution in [0.1, 0.15) is 25.8 Å². The molecule has 0 spiro atoms. The number of esters is 1. The zero-order valence-electron chi connectivity index (χ0n) is 18.0. The Hall–Kier alpha value is -3.17. The van der Waals surface area contributed by atoms with E-state index in [4.69, 9.17) is 4.74 Å². The fraction of sp³-hybridized carbons (Fsp3) is 0.478. The molecule has 1 saturated heterocycles. The number of hydrogen-bond donors (Lipinski definition) is 1. The number of rotatable bonds is 6. The average molecular weight is 464 g/mol. The zero-order valence-corrected chi connectivity index (χ0v) is 18.0. The molecule has 1 aromatic rings.